The number of hydrogen-bond acceptors (Lipinski definition) is 3. The number of hydrogen-bond donors (Lipinski definition) is 0. The first kappa shape index (κ1) is 14.3. The average molecular weight is 248 g/mol. The van der Waals surface area contributed by atoms with Gasteiger partial charge in [0.15, 0.2) is 0 Å². The molecule has 0 N–H and O–H groups in total. The van der Waals surface area contributed by atoms with Gasteiger partial charge in [-0.2, -0.15) is 0 Å². The lowest BCUT2D eigenvalue weighted by Gasteiger charge is -2.07. The number of carbonyl (C=O) groups is 1. The zero-order valence-electron chi connectivity index (χ0n) is 11.1. The van der Waals surface area contributed by atoms with Crippen LogP contribution in [0.25, 0.3) is 0 Å². The number of esters is 1. The summed E-state index contributed by atoms with van der Waals surface area (Å²) in [6.45, 7) is 6.29. The number of methoxy groups -OCH3 is 1. The minimum absolute atomic E-state index is 0.306. The Kier molecular flexibility index (Phi) is 5.98. The Morgan fingerprint density at radius 2 is 1.94 bits per heavy atom. The van der Waals surface area contributed by atoms with Crippen molar-refractivity contribution >= 4 is 5.97 Å². The van der Waals surface area contributed by atoms with E-state index >= 15 is 0 Å². The number of ether oxygens (including phenoxy) is 2. The van der Waals surface area contributed by atoms with Crippen LogP contribution < -0.4 is 4.74 Å². The van der Waals surface area contributed by atoms with E-state index in [1.807, 2.05) is 24.3 Å². The fraction of sp³-hybridized carbons (Fsp3) is 0.400. The zero-order valence-corrected chi connectivity index (χ0v) is 11.1. The van der Waals surface area contributed by atoms with Crippen molar-refractivity contribution in [2.45, 2.75) is 26.2 Å². The zero-order chi connectivity index (χ0) is 13.4. The Morgan fingerprint density at radius 1 is 1.28 bits per heavy atom. The van der Waals surface area contributed by atoms with Crippen LogP contribution in [0, 0.1) is 0 Å². The summed E-state index contributed by atoms with van der Waals surface area (Å²) in [5.41, 5.74) is 1.50. The Hall–Kier alpha value is -1.77. The largest absolute Gasteiger partial charge is 0.497 e. The molecule has 0 unspecified atom stereocenters. The van der Waals surface area contributed by atoms with Crippen LogP contribution >= 0.6 is 0 Å². The molecule has 0 aliphatic heterocycles. The highest BCUT2D eigenvalue weighted by atomic mass is 16.5. The topological polar surface area (TPSA) is 35.5 Å². The smallest absolute Gasteiger partial charge is 0.333 e. The number of carbonyl (C=O) groups excluding carboxylic acids is 1. The van der Waals surface area contributed by atoms with Crippen molar-refractivity contribution in [1.29, 1.82) is 0 Å². The average Bonchev–Trinajstić information content (AvgIpc) is 2.39. The normalized spacial score (nSPS) is 9.89. The molecule has 1 aromatic carbocycles. The van der Waals surface area contributed by atoms with E-state index in [4.69, 9.17) is 9.47 Å². The lowest BCUT2D eigenvalue weighted by molar-refractivity contribution is -0.139. The second-order valence-electron chi connectivity index (χ2n) is 4.12. The molecule has 0 amide bonds. The van der Waals surface area contributed by atoms with Gasteiger partial charge in [-0.25, -0.2) is 4.79 Å². The maximum Gasteiger partial charge on any atom is 0.333 e. The molecule has 0 heterocycles. The molecule has 0 saturated carbocycles. The van der Waals surface area contributed by atoms with Crippen molar-refractivity contribution in [3.05, 3.63) is 42.0 Å². The first-order valence-electron chi connectivity index (χ1n) is 6.15. The monoisotopic (exact) mass is 248 g/mol. The highest BCUT2D eigenvalue weighted by Gasteiger charge is 2.09. The fourth-order valence-electron chi connectivity index (χ4n) is 1.47. The second-order valence-corrected chi connectivity index (χ2v) is 4.12. The van der Waals surface area contributed by atoms with Gasteiger partial charge in [-0.1, -0.05) is 32.1 Å². The molecule has 0 fully saturated rings. The maximum absolute atomic E-state index is 11.6. The van der Waals surface area contributed by atoms with E-state index in [2.05, 4.69) is 13.5 Å². The van der Waals surface area contributed by atoms with Crippen LogP contribution in [-0.2, 0) is 16.0 Å². The van der Waals surface area contributed by atoms with E-state index in [0.29, 0.717) is 18.6 Å². The molecular weight excluding hydrogens is 228 g/mol. The van der Waals surface area contributed by atoms with E-state index in [1.165, 1.54) is 0 Å². The molecular formula is C15H20O3. The van der Waals surface area contributed by atoms with Crippen LogP contribution in [0.4, 0.5) is 0 Å². The molecule has 0 spiro atoms. The number of unbranched alkanes of at least 4 members (excludes halogenated alkanes) is 1. The summed E-state index contributed by atoms with van der Waals surface area (Å²) in [4.78, 5) is 11.6. The van der Waals surface area contributed by atoms with Crippen LogP contribution in [-0.4, -0.2) is 19.7 Å². The van der Waals surface area contributed by atoms with Gasteiger partial charge in [-0.3, -0.25) is 0 Å². The molecule has 18 heavy (non-hydrogen) atoms. The molecule has 0 radical (unpaired) electrons. The van der Waals surface area contributed by atoms with Crippen molar-refractivity contribution in [1.82, 2.24) is 0 Å². The van der Waals surface area contributed by atoms with Gasteiger partial charge in [-0.05, 0) is 24.1 Å². The first-order chi connectivity index (χ1) is 8.67. The summed E-state index contributed by atoms with van der Waals surface area (Å²) < 4.78 is 10.2. The predicted octanol–water partition coefficient (Wildman–Crippen LogP) is 3.14. The van der Waals surface area contributed by atoms with Gasteiger partial charge < -0.3 is 9.47 Å². The van der Waals surface area contributed by atoms with Crippen LogP contribution in [0.3, 0.4) is 0 Å². The Labute approximate surface area is 108 Å². The quantitative estimate of drug-likeness (QED) is 0.422. The summed E-state index contributed by atoms with van der Waals surface area (Å²) >= 11 is 0. The molecule has 0 atom stereocenters. The summed E-state index contributed by atoms with van der Waals surface area (Å²) in [5, 5.41) is 0. The molecule has 98 valence electrons. The van der Waals surface area contributed by atoms with Crippen LogP contribution in [0.5, 0.6) is 5.75 Å². The Bertz CT molecular complexity index is 393. The number of benzene rings is 1. The summed E-state index contributed by atoms with van der Waals surface area (Å²) in [6, 6.07) is 7.57. The van der Waals surface area contributed by atoms with Gasteiger partial charge in [0.1, 0.15) is 5.75 Å². The fourth-order valence-corrected chi connectivity index (χ4v) is 1.47. The Balaban J connectivity index is 2.45. The van der Waals surface area contributed by atoms with Crippen molar-refractivity contribution in [3.63, 3.8) is 0 Å². The van der Waals surface area contributed by atoms with Crippen molar-refractivity contribution in [3.8, 4) is 5.75 Å². The SMILES string of the molecule is C=C(Cc1ccc(OC)cc1)C(=O)OCCCC. The molecule has 0 bridgehead atoms. The van der Waals surface area contributed by atoms with Gasteiger partial charge in [-0.15, -0.1) is 0 Å². The third-order valence-electron chi connectivity index (χ3n) is 2.60. The van der Waals surface area contributed by atoms with Crippen LogP contribution in [0.1, 0.15) is 25.3 Å². The third-order valence-corrected chi connectivity index (χ3v) is 2.60. The molecule has 3 heteroatoms. The first-order valence-corrected chi connectivity index (χ1v) is 6.15. The lowest BCUT2D eigenvalue weighted by Crippen LogP contribution is -2.10. The lowest BCUT2D eigenvalue weighted by atomic mass is 10.1. The second kappa shape index (κ2) is 7.54. The minimum atomic E-state index is -0.306. The van der Waals surface area contributed by atoms with Gasteiger partial charge in [0, 0.05) is 12.0 Å². The van der Waals surface area contributed by atoms with E-state index in [1.54, 1.807) is 7.11 Å². The van der Waals surface area contributed by atoms with Crippen molar-refractivity contribution in [2.24, 2.45) is 0 Å². The highest BCUT2D eigenvalue weighted by Crippen LogP contribution is 2.14. The molecule has 3 nitrogen and oxygen atoms in total. The molecule has 0 aliphatic rings. The molecule has 1 rings (SSSR count). The maximum atomic E-state index is 11.6. The Morgan fingerprint density at radius 3 is 2.50 bits per heavy atom. The van der Waals surface area contributed by atoms with Gasteiger partial charge in [0.05, 0.1) is 13.7 Å². The van der Waals surface area contributed by atoms with Crippen molar-refractivity contribution < 1.29 is 14.3 Å². The third kappa shape index (κ3) is 4.62. The highest BCUT2D eigenvalue weighted by molar-refractivity contribution is 5.88. The predicted molar refractivity (Wildman–Crippen MR) is 71.7 cm³/mol. The van der Waals surface area contributed by atoms with E-state index in [0.717, 1.165) is 24.2 Å². The molecule has 1 aromatic rings. The van der Waals surface area contributed by atoms with Crippen LogP contribution in [0.2, 0.25) is 0 Å². The summed E-state index contributed by atoms with van der Waals surface area (Å²) in [6.07, 6.45) is 2.41. The molecule has 0 aliphatic carbocycles. The summed E-state index contributed by atoms with van der Waals surface area (Å²) in [5.74, 6) is 0.495. The van der Waals surface area contributed by atoms with Gasteiger partial charge >= 0.3 is 5.97 Å². The van der Waals surface area contributed by atoms with E-state index in [9.17, 15) is 4.79 Å². The summed E-state index contributed by atoms with van der Waals surface area (Å²) in [7, 11) is 1.62. The molecule has 0 aromatic heterocycles. The minimum Gasteiger partial charge on any atom is -0.497 e. The van der Waals surface area contributed by atoms with Crippen molar-refractivity contribution in [2.75, 3.05) is 13.7 Å². The van der Waals surface area contributed by atoms with E-state index in [-0.39, 0.29) is 5.97 Å². The number of rotatable bonds is 7. The molecule has 0 saturated heterocycles. The van der Waals surface area contributed by atoms with Gasteiger partial charge in [0.2, 0.25) is 0 Å². The van der Waals surface area contributed by atoms with Gasteiger partial charge in [0.25, 0.3) is 0 Å². The standard InChI is InChI=1S/C15H20O3/c1-4-5-10-18-15(16)12(2)11-13-6-8-14(17-3)9-7-13/h6-9H,2,4-5,10-11H2,1,3H3. The van der Waals surface area contributed by atoms with Crippen LogP contribution in [0.15, 0.2) is 36.4 Å². The van der Waals surface area contributed by atoms with E-state index < -0.39 is 0 Å².